The highest BCUT2D eigenvalue weighted by Gasteiger charge is 2.20. The van der Waals surface area contributed by atoms with Crippen LogP contribution in [0.1, 0.15) is 12.5 Å². The lowest BCUT2D eigenvalue weighted by Crippen LogP contribution is -2.56. The van der Waals surface area contributed by atoms with Gasteiger partial charge in [0.1, 0.15) is 0 Å². The zero-order valence-corrected chi connectivity index (χ0v) is 14.6. The molecule has 25 heavy (non-hydrogen) atoms. The molecule has 0 fully saturated rings. The highest BCUT2D eigenvalue weighted by atomic mass is 32.1. The molecule has 0 bridgehead atoms. The summed E-state index contributed by atoms with van der Waals surface area (Å²) >= 11 is 5.21. The molecule has 0 heterocycles. The van der Waals surface area contributed by atoms with Crippen molar-refractivity contribution in [3.8, 4) is 0 Å². The second kappa shape index (κ2) is 9.39. The van der Waals surface area contributed by atoms with Crippen molar-refractivity contribution in [3.05, 3.63) is 66.2 Å². The number of nitrogens with one attached hydrogen (secondary N) is 4. The molecule has 2 rings (SSSR count). The first-order chi connectivity index (χ1) is 12.0. The minimum Gasteiger partial charge on any atom is -0.349 e. The van der Waals surface area contributed by atoms with Gasteiger partial charge < -0.3 is 21.3 Å². The number of carbonyl (C=O) groups excluding carboxylic acids is 2. The molecule has 2 aromatic rings. The van der Waals surface area contributed by atoms with Gasteiger partial charge in [0.15, 0.2) is 11.3 Å². The quantitative estimate of drug-likeness (QED) is 0.468. The van der Waals surface area contributed by atoms with Gasteiger partial charge in [-0.05, 0) is 29.9 Å². The van der Waals surface area contributed by atoms with Crippen LogP contribution in [0.2, 0.25) is 0 Å². The molecule has 0 aliphatic rings. The Hall–Kier alpha value is -2.93. The molecular formula is C18H20N4O2S. The zero-order chi connectivity index (χ0) is 18.1. The van der Waals surface area contributed by atoms with Gasteiger partial charge in [0.05, 0.1) is 0 Å². The van der Waals surface area contributed by atoms with E-state index in [1.54, 1.807) is 0 Å². The number of para-hydroxylation sites is 1. The van der Waals surface area contributed by atoms with Gasteiger partial charge in [0, 0.05) is 19.2 Å². The fourth-order valence-electron chi connectivity index (χ4n) is 2.08. The molecule has 0 spiro atoms. The molecule has 7 heteroatoms. The van der Waals surface area contributed by atoms with Gasteiger partial charge in [-0.25, -0.2) is 0 Å². The molecule has 0 saturated carbocycles. The predicted molar refractivity (Wildman–Crippen MR) is 102 cm³/mol. The Labute approximate surface area is 152 Å². The highest BCUT2D eigenvalue weighted by Crippen LogP contribution is 2.04. The van der Waals surface area contributed by atoms with E-state index >= 15 is 0 Å². The molecule has 0 saturated heterocycles. The topological polar surface area (TPSA) is 82.3 Å². The first-order valence-corrected chi connectivity index (χ1v) is 8.17. The summed E-state index contributed by atoms with van der Waals surface area (Å²) in [6.07, 6.45) is -0.968. The van der Waals surface area contributed by atoms with Gasteiger partial charge in [-0.1, -0.05) is 48.5 Å². The fraction of sp³-hybridized carbons (Fsp3) is 0.167. The Morgan fingerprint density at radius 2 is 1.56 bits per heavy atom. The molecule has 0 aliphatic heterocycles. The summed E-state index contributed by atoms with van der Waals surface area (Å²) in [6.45, 7) is 1.70. The Morgan fingerprint density at radius 3 is 2.16 bits per heavy atom. The number of carbonyl (C=O) groups is 2. The fourth-order valence-corrected chi connectivity index (χ4v) is 2.31. The van der Waals surface area contributed by atoms with Crippen molar-refractivity contribution < 1.29 is 9.59 Å². The van der Waals surface area contributed by atoms with E-state index in [0.717, 1.165) is 11.3 Å². The summed E-state index contributed by atoms with van der Waals surface area (Å²) in [5.74, 6) is -0.717. The molecule has 6 nitrogen and oxygen atoms in total. The lowest BCUT2D eigenvalue weighted by Gasteiger charge is -2.21. The number of thiocarbonyl (C=S) groups is 1. The van der Waals surface area contributed by atoms with Crippen LogP contribution >= 0.6 is 12.2 Å². The Bertz CT molecular complexity index is 722. The number of hydrogen-bond donors (Lipinski definition) is 4. The third-order valence-corrected chi connectivity index (χ3v) is 3.45. The van der Waals surface area contributed by atoms with Crippen molar-refractivity contribution in [1.29, 1.82) is 0 Å². The number of benzene rings is 2. The Balaban J connectivity index is 1.93. The second-order valence-corrected chi connectivity index (χ2v) is 5.71. The van der Waals surface area contributed by atoms with Gasteiger partial charge in [-0.15, -0.1) is 0 Å². The molecule has 2 aromatic carbocycles. The third kappa shape index (κ3) is 6.60. The Kier molecular flexibility index (Phi) is 6.91. The molecule has 1 unspecified atom stereocenters. The first kappa shape index (κ1) is 18.4. The van der Waals surface area contributed by atoms with Crippen LogP contribution in [0.15, 0.2) is 60.7 Å². The maximum Gasteiger partial charge on any atom is 0.263 e. The second-order valence-electron chi connectivity index (χ2n) is 5.30. The van der Waals surface area contributed by atoms with Crippen LogP contribution in [0.3, 0.4) is 0 Å². The lowest BCUT2D eigenvalue weighted by atomic mass is 10.2. The van der Waals surface area contributed by atoms with Crippen LogP contribution in [0, 0.1) is 0 Å². The first-order valence-electron chi connectivity index (χ1n) is 7.76. The largest absolute Gasteiger partial charge is 0.349 e. The van der Waals surface area contributed by atoms with Crippen LogP contribution < -0.4 is 21.3 Å². The third-order valence-electron chi connectivity index (χ3n) is 3.23. The standard InChI is InChI=1S/C18H20N4O2S/c1-13(23)20-16(17(24)19-12-14-8-4-2-5-9-14)22-18(25)21-15-10-6-3-7-11-15/h2-11,16H,12H2,1H3,(H,19,24)(H,20,23)(H2,21,22,25). The summed E-state index contributed by atoms with van der Waals surface area (Å²) in [4.78, 5) is 23.7. The van der Waals surface area contributed by atoms with Gasteiger partial charge in [0.25, 0.3) is 5.91 Å². The molecule has 0 aliphatic carbocycles. The smallest absolute Gasteiger partial charge is 0.263 e. The van der Waals surface area contributed by atoms with Crippen LogP contribution in [-0.2, 0) is 16.1 Å². The van der Waals surface area contributed by atoms with Crippen LogP contribution in [0.5, 0.6) is 0 Å². The number of hydrogen-bond acceptors (Lipinski definition) is 3. The van der Waals surface area contributed by atoms with E-state index in [1.807, 2.05) is 60.7 Å². The zero-order valence-electron chi connectivity index (χ0n) is 13.8. The van der Waals surface area contributed by atoms with E-state index in [1.165, 1.54) is 6.92 Å². The Morgan fingerprint density at radius 1 is 0.960 bits per heavy atom. The van der Waals surface area contributed by atoms with Gasteiger partial charge in [-0.3, -0.25) is 9.59 Å². The number of amides is 2. The summed E-state index contributed by atoms with van der Waals surface area (Å²) in [5, 5.41) is 11.3. The van der Waals surface area contributed by atoms with Crippen LogP contribution in [-0.4, -0.2) is 23.1 Å². The van der Waals surface area contributed by atoms with E-state index in [0.29, 0.717) is 6.54 Å². The molecule has 0 aromatic heterocycles. The number of anilines is 1. The average Bonchev–Trinajstić information content (AvgIpc) is 2.60. The van der Waals surface area contributed by atoms with E-state index in [9.17, 15) is 9.59 Å². The van der Waals surface area contributed by atoms with E-state index in [2.05, 4.69) is 21.3 Å². The predicted octanol–water partition coefficient (Wildman–Crippen LogP) is 1.75. The van der Waals surface area contributed by atoms with Gasteiger partial charge in [-0.2, -0.15) is 0 Å². The molecule has 130 valence electrons. The van der Waals surface area contributed by atoms with Crippen molar-refractivity contribution in [2.24, 2.45) is 0 Å². The monoisotopic (exact) mass is 356 g/mol. The van der Waals surface area contributed by atoms with Crippen molar-refractivity contribution in [1.82, 2.24) is 16.0 Å². The van der Waals surface area contributed by atoms with E-state index in [-0.39, 0.29) is 16.9 Å². The number of rotatable bonds is 6. The summed E-state index contributed by atoms with van der Waals surface area (Å²) in [6, 6.07) is 18.8. The van der Waals surface area contributed by atoms with Gasteiger partial charge >= 0.3 is 0 Å². The van der Waals surface area contributed by atoms with Crippen molar-refractivity contribution >= 4 is 34.8 Å². The summed E-state index contributed by atoms with van der Waals surface area (Å²) in [7, 11) is 0. The molecule has 2 amide bonds. The molecule has 1 atom stereocenters. The van der Waals surface area contributed by atoms with E-state index < -0.39 is 6.17 Å². The minimum atomic E-state index is -0.968. The van der Waals surface area contributed by atoms with Crippen LogP contribution in [0.25, 0.3) is 0 Å². The minimum absolute atomic E-state index is 0.236. The van der Waals surface area contributed by atoms with Crippen molar-refractivity contribution in [2.75, 3.05) is 5.32 Å². The maximum absolute atomic E-state index is 12.4. The average molecular weight is 356 g/mol. The molecular weight excluding hydrogens is 336 g/mol. The highest BCUT2D eigenvalue weighted by molar-refractivity contribution is 7.80. The maximum atomic E-state index is 12.4. The normalized spacial score (nSPS) is 11.1. The SMILES string of the molecule is CC(=O)NC(NC(=S)Nc1ccccc1)C(=O)NCc1ccccc1. The van der Waals surface area contributed by atoms with Crippen molar-refractivity contribution in [2.45, 2.75) is 19.6 Å². The van der Waals surface area contributed by atoms with Gasteiger partial charge in [0.2, 0.25) is 5.91 Å². The lowest BCUT2D eigenvalue weighted by molar-refractivity contribution is -0.128. The van der Waals surface area contributed by atoms with Crippen molar-refractivity contribution in [3.63, 3.8) is 0 Å². The van der Waals surface area contributed by atoms with E-state index in [4.69, 9.17) is 12.2 Å². The summed E-state index contributed by atoms with van der Waals surface area (Å²) in [5.41, 5.74) is 1.74. The summed E-state index contributed by atoms with van der Waals surface area (Å²) < 4.78 is 0. The van der Waals surface area contributed by atoms with Crippen LogP contribution in [0.4, 0.5) is 5.69 Å². The molecule has 0 radical (unpaired) electrons. The molecule has 4 N–H and O–H groups in total.